The van der Waals surface area contributed by atoms with Crippen molar-refractivity contribution in [3.8, 4) is 0 Å². The largest absolute Gasteiger partial charge is 0.444 e. The Morgan fingerprint density at radius 3 is 2.50 bits per heavy atom. The van der Waals surface area contributed by atoms with Gasteiger partial charge in [0.1, 0.15) is 35.1 Å². The topological polar surface area (TPSA) is 184 Å². The van der Waals surface area contributed by atoms with Gasteiger partial charge < -0.3 is 25.0 Å². The number of alkyl carbamates (subject to hydrolysis) is 1. The van der Waals surface area contributed by atoms with Crippen molar-refractivity contribution < 1.29 is 46.3 Å². The standard InChI is InChI=1S/C37H49FN6O9S/c1-36(2,3)53-34(48)39-29-21-42(24-11-12-24)15-6-4-5-9-23-17-37(23,33(47)41-54(50,51)26-13-14-26)40-31(45)30-16-25(19-44(30)32(29)46)52-35(49)43-18-22-8-7-10-28(38)27(22)20-43/h5,7-10,23-26,29-30H,4,6,11-21H2,1-3H3,(H,39,48)(H,40,45)(H,41,47)/t23-,25-,29+,30+,37-/m1/s1. The highest BCUT2D eigenvalue weighted by Crippen LogP contribution is 2.46. The van der Waals surface area contributed by atoms with Gasteiger partial charge in [-0.1, -0.05) is 24.3 Å². The van der Waals surface area contributed by atoms with Crippen LogP contribution in [0.2, 0.25) is 0 Å². The lowest BCUT2D eigenvalue weighted by molar-refractivity contribution is -0.141. The zero-order valence-corrected chi connectivity index (χ0v) is 31.7. The van der Waals surface area contributed by atoms with E-state index in [0.717, 1.165) is 12.8 Å². The molecule has 1 saturated heterocycles. The molecular formula is C37H49FN6O9S. The first-order valence-electron chi connectivity index (χ1n) is 18.8. The lowest BCUT2D eigenvalue weighted by atomic mass is 10.1. The molecule has 5 amide bonds. The predicted octanol–water partition coefficient (Wildman–Crippen LogP) is 2.44. The number of nitrogens with one attached hydrogen (secondary N) is 3. The van der Waals surface area contributed by atoms with Crippen molar-refractivity contribution in [2.75, 3.05) is 19.6 Å². The Hall–Kier alpha value is -4.25. The first-order chi connectivity index (χ1) is 25.5. The van der Waals surface area contributed by atoms with Gasteiger partial charge in [-0.05, 0) is 83.9 Å². The Labute approximate surface area is 314 Å². The van der Waals surface area contributed by atoms with Crippen LogP contribution in [0.5, 0.6) is 0 Å². The number of hydrogen-bond donors (Lipinski definition) is 3. The maximum absolute atomic E-state index is 14.6. The smallest absolute Gasteiger partial charge is 0.410 e. The lowest BCUT2D eigenvalue weighted by Crippen LogP contribution is -2.60. The summed E-state index contributed by atoms with van der Waals surface area (Å²) in [5, 5.41) is 4.88. The number of carbonyl (C=O) groups is 5. The number of hydrogen-bond acceptors (Lipinski definition) is 10. The highest BCUT2D eigenvalue weighted by atomic mass is 32.2. The highest BCUT2D eigenvalue weighted by molar-refractivity contribution is 7.91. The maximum atomic E-state index is 14.6. The van der Waals surface area contributed by atoms with E-state index in [1.54, 1.807) is 32.9 Å². The molecule has 54 heavy (non-hydrogen) atoms. The number of halogens is 1. The van der Waals surface area contributed by atoms with Gasteiger partial charge in [-0.25, -0.2) is 22.4 Å². The van der Waals surface area contributed by atoms with Gasteiger partial charge in [-0.2, -0.15) is 0 Å². The molecule has 0 unspecified atom stereocenters. The minimum atomic E-state index is -3.93. The van der Waals surface area contributed by atoms with Crippen molar-refractivity contribution in [1.82, 2.24) is 30.1 Å². The van der Waals surface area contributed by atoms with Crippen LogP contribution in [0, 0.1) is 11.7 Å². The number of ether oxygens (including phenoxy) is 2. The van der Waals surface area contributed by atoms with E-state index < -0.39 is 86.2 Å². The van der Waals surface area contributed by atoms with Crippen LogP contribution in [0.3, 0.4) is 0 Å². The van der Waals surface area contributed by atoms with Gasteiger partial charge >= 0.3 is 12.2 Å². The Kier molecular flexibility index (Phi) is 10.2. The second-order valence-electron chi connectivity index (χ2n) is 16.4. The third-order valence-corrected chi connectivity index (χ3v) is 12.7. The molecule has 0 radical (unpaired) electrons. The first-order valence-corrected chi connectivity index (χ1v) is 20.4. The first kappa shape index (κ1) is 38.0. The quantitative estimate of drug-likeness (QED) is 0.363. The average Bonchev–Trinajstić information content (AvgIpc) is 4.02. The number of benzene rings is 1. The molecule has 0 aromatic heterocycles. The van der Waals surface area contributed by atoms with E-state index in [0.29, 0.717) is 43.4 Å². The molecule has 0 bridgehead atoms. The monoisotopic (exact) mass is 772 g/mol. The third-order valence-electron chi connectivity index (χ3n) is 10.9. The van der Waals surface area contributed by atoms with Gasteiger partial charge in [-0.15, -0.1) is 0 Å². The Bertz CT molecular complexity index is 1840. The fourth-order valence-electron chi connectivity index (χ4n) is 7.67. The normalized spacial score (nSPS) is 29.2. The van der Waals surface area contributed by atoms with Gasteiger partial charge in [-0.3, -0.25) is 28.9 Å². The summed E-state index contributed by atoms with van der Waals surface area (Å²) in [5.41, 5.74) is -1.39. The summed E-state index contributed by atoms with van der Waals surface area (Å²) < 4.78 is 53.7. The summed E-state index contributed by atoms with van der Waals surface area (Å²) in [4.78, 5) is 74.0. The summed E-state index contributed by atoms with van der Waals surface area (Å²) in [6.07, 6.45) is 5.35. The van der Waals surface area contributed by atoms with E-state index in [9.17, 15) is 36.8 Å². The van der Waals surface area contributed by atoms with Crippen LogP contribution in [0.4, 0.5) is 14.0 Å². The van der Waals surface area contributed by atoms with E-state index in [1.165, 1.54) is 15.9 Å². The number of sulfonamides is 1. The molecule has 3 aliphatic carbocycles. The van der Waals surface area contributed by atoms with Gasteiger partial charge in [0.05, 0.1) is 18.3 Å². The van der Waals surface area contributed by atoms with Gasteiger partial charge in [0.25, 0.3) is 5.91 Å². The van der Waals surface area contributed by atoms with Crippen molar-refractivity contribution in [3.63, 3.8) is 0 Å². The predicted molar refractivity (Wildman–Crippen MR) is 191 cm³/mol. The third kappa shape index (κ3) is 8.36. The lowest BCUT2D eigenvalue weighted by Gasteiger charge is -2.33. The van der Waals surface area contributed by atoms with Crippen molar-refractivity contribution in [2.24, 2.45) is 5.92 Å². The van der Waals surface area contributed by atoms with Crippen LogP contribution < -0.4 is 15.4 Å². The van der Waals surface area contributed by atoms with Crippen LogP contribution in [-0.4, -0.2) is 113 Å². The van der Waals surface area contributed by atoms with Crippen LogP contribution in [0.15, 0.2) is 30.4 Å². The summed E-state index contributed by atoms with van der Waals surface area (Å²) >= 11 is 0. The van der Waals surface area contributed by atoms with Crippen LogP contribution in [0.1, 0.15) is 83.3 Å². The fourth-order valence-corrected chi connectivity index (χ4v) is 9.04. The molecule has 4 fully saturated rings. The number of nitrogens with zero attached hydrogens (tertiary/aromatic N) is 3. The van der Waals surface area contributed by atoms with Crippen molar-refractivity contribution in [1.29, 1.82) is 0 Å². The summed E-state index contributed by atoms with van der Waals surface area (Å²) in [6, 6.07) is 2.44. The van der Waals surface area contributed by atoms with Gasteiger partial charge in [0, 0.05) is 37.0 Å². The van der Waals surface area contributed by atoms with E-state index in [2.05, 4.69) is 20.3 Å². The average molecular weight is 773 g/mol. The fraction of sp³-hybridized carbons (Fsp3) is 0.649. The van der Waals surface area contributed by atoms with Gasteiger partial charge in [0.15, 0.2) is 0 Å². The molecule has 294 valence electrons. The molecule has 3 heterocycles. The summed E-state index contributed by atoms with van der Waals surface area (Å²) in [6.45, 7) is 5.79. The Morgan fingerprint density at radius 1 is 1.06 bits per heavy atom. The van der Waals surface area contributed by atoms with Crippen LogP contribution in [-0.2, 0) is 47.0 Å². The number of fused-ring (bicyclic) bond motifs is 3. The van der Waals surface area contributed by atoms with Crippen molar-refractivity contribution in [3.05, 3.63) is 47.3 Å². The molecule has 17 heteroatoms. The number of allylic oxidation sites excluding steroid dienone is 1. The number of rotatable bonds is 6. The molecule has 1 aromatic rings. The van der Waals surface area contributed by atoms with Crippen LogP contribution in [0.25, 0.3) is 0 Å². The van der Waals surface area contributed by atoms with E-state index in [4.69, 9.17) is 9.47 Å². The molecule has 15 nitrogen and oxygen atoms in total. The molecule has 0 spiro atoms. The van der Waals surface area contributed by atoms with Crippen molar-refractivity contribution in [2.45, 2.75) is 126 Å². The minimum absolute atomic E-state index is 0.00466. The maximum Gasteiger partial charge on any atom is 0.410 e. The zero-order chi connectivity index (χ0) is 38.6. The number of amides is 5. The molecular weight excluding hydrogens is 724 g/mol. The summed E-state index contributed by atoms with van der Waals surface area (Å²) in [5.74, 6) is -3.09. The van der Waals surface area contributed by atoms with Gasteiger partial charge in [0.2, 0.25) is 21.8 Å². The second-order valence-corrected chi connectivity index (χ2v) is 18.4. The van der Waals surface area contributed by atoms with E-state index in [1.807, 2.05) is 12.2 Å². The highest BCUT2D eigenvalue weighted by Gasteiger charge is 2.62. The number of carbonyl (C=O) groups excluding carboxylic acids is 5. The SMILES string of the molecule is CC(C)(C)OC(=O)N[C@H]1CN(C2CC2)CCCC=C[C@@H]2C[C@@]2(C(=O)NS(=O)(=O)C2CC2)NC(=O)[C@@H]2C[C@@H](OC(=O)N3Cc4cccc(F)c4C3)CN2C1=O. The minimum Gasteiger partial charge on any atom is -0.444 e. The summed E-state index contributed by atoms with van der Waals surface area (Å²) in [7, 11) is -3.93. The molecule has 7 rings (SSSR count). The Balaban J connectivity index is 1.17. The molecule has 5 atom stereocenters. The molecule has 3 N–H and O–H groups in total. The zero-order valence-electron chi connectivity index (χ0n) is 30.8. The molecule has 3 saturated carbocycles. The molecule has 1 aromatic carbocycles. The van der Waals surface area contributed by atoms with E-state index in [-0.39, 0.29) is 45.1 Å². The van der Waals surface area contributed by atoms with Crippen molar-refractivity contribution >= 4 is 39.9 Å². The Morgan fingerprint density at radius 2 is 1.81 bits per heavy atom. The second kappa shape index (κ2) is 14.4. The molecule has 3 aliphatic heterocycles. The van der Waals surface area contributed by atoms with E-state index >= 15 is 0 Å². The van der Waals surface area contributed by atoms with Crippen LogP contribution >= 0.6 is 0 Å². The molecule has 6 aliphatic rings.